The second kappa shape index (κ2) is 10.1. The Balaban J connectivity index is 1.87. The molecule has 0 saturated carbocycles. The molecule has 1 aliphatic heterocycles. The van der Waals surface area contributed by atoms with Gasteiger partial charge in [0.2, 0.25) is 0 Å². The van der Waals surface area contributed by atoms with Crippen LogP contribution in [0.4, 0.5) is 5.69 Å². The first-order valence-electron chi connectivity index (χ1n) is 11.3. The molecule has 1 N–H and O–H groups in total. The first-order chi connectivity index (χ1) is 14.8. The molecule has 0 radical (unpaired) electrons. The van der Waals surface area contributed by atoms with Crippen molar-refractivity contribution in [1.82, 2.24) is 4.90 Å². The van der Waals surface area contributed by atoms with E-state index in [4.69, 9.17) is 0 Å². The van der Waals surface area contributed by atoms with E-state index < -0.39 is 0 Å². The van der Waals surface area contributed by atoms with Gasteiger partial charge in [-0.25, -0.2) is 0 Å². The SMILES string of the molecule is Cc1cccc(C)c1NC(=O)C[N+]1(CC(=O)N(C)C)CCCCC(c2ccccc2)C1. The summed E-state index contributed by atoms with van der Waals surface area (Å²) >= 11 is 0. The maximum Gasteiger partial charge on any atom is 0.279 e. The smallest absolute Gasteiger partial charge is 0.279 e. The number of rotatable bonds is 6. The number of carbonyl (C=O) groups excluding carboxylic acids is 2. The average Bonchev–Trinajstić information content (AvgIpc) is 2.94. The molecule has 31 heavy (non-hydrogen) atoms. The van der Waals surface area contributed by atoms with Gasteiger partial charge in [0, 0.05) is 25.7 Å². The van der Waals surface area contributed by atoms with Crippen molar-refractivity contribution in [2.45, 2.75) is 39.0 Å². The Labute approximate surface area is 186 Å². The van der Waals surface area contributed by atoms with Crippen molar-refractivity contribution in [1.29, 1.82) is 0 Å². The maximum absolute atomic E-state index is 13.2. The third-order valence-corrected chi connectivity index (χ3v) is 6.51. The van der Waals surface area contributed by atoms with Crippen molar-refractivity contribution in [2.24, 2.45) is 0 Å². The predicted octanol–water partition coefficient (Wildman–Crippen LogP) is 4.11. The topological polar surface area (TPSA) is 49.4 Å². The van der Waals surface area contributed by atoms with Gasteiger partial charge in [-0.15, -0.1) is 0 Å². The number of likely N-dealkylation sites (tertiary alicyclic amines) is 1. The van der Waals surface area contributed by atoms with Crippen molar-refractivity contribution in [3.63, 3.8) is 0 Å². The van der Waals surface area contributed by atoms with Crippen LogP contribution in [-0.2, 0) is 9.59 Å². The molecular weight excluding hydrogens is 386 g/mol. The summed E-state index contributed by atoms with van der Waals surface area (Å²) in [4.78, 5) is 27.7. The summed E-state index contributed by atoms with van der Waals surface area (Å²) in [5, 5.41) is 3.15. The first kappa shape index (κ1) is 23.0. The highest BCUT2D eigenvalue weighted by Crippen LogP contribution is 2.31. The lowest BCUT2D eigenvalue weighted by Gasteiger charge is -2.39. The number of hydrogen-bond donors (Lipinski definition) is 1. The van der Waals surface area contributed by atoms with Crippen molar-refractivity contribution in [2.75, 3.05) is 45.6 Å². The van der Waals surface area contributed by atoms with E-state index >= 15 is 0 Å². The van der Waals surface area contributed by atoms with Gasteiger partial charge in [0.15, 0.2) is 13.1 Å². The van der Waals surface area contributed by atoms with Crippen LogP contribution in [0.3, 0.4) is 0 Å². The molecule has 5 heteroatoms. The number of likely N-dealkylation sites (N-methyl/N-ethyl adjacent to an activating group) is 1. The third kappa shape index (κ3) is 5.95. The van der Waals surface area contributed by atoms with Crippen LogP contribution in [0.15, 0.2) is 48.5 Å². The number of para-hydroxylation sites is 1. The number of nitrogens with one attached hydrogen (secondary N) is 1. The summed E-state index contributed by atoms with van der Waals surface area (Å²) in [5.41, 5.74) is 4.31. The lowest BCUT2D eigenvalue weighted by atomic mass is 9.94. The van der Waals surface area contributed by atoms with Crippen LogP contribution in [-0.4, -0.2) is 61.5 Å². The zero-order valence-corrected chi connectivity index (χ0v) is 19.4. The number of quaternary nitrogens is 1. The van der Waals surface area contributed by atoms with Gasteiger partial charge in [-0.3, -0.25) is 9.59 Å². The summed E-state index contributed by atoms with van der Waals surface area (Å²) in [6.45, 7) is 6.36. The summed E-state index contributed by atoms with van der Waals surface area (Å²) in [7, 11) is 3.59. The van der Waals surface area contributed by atoms with E-state index in [2.05, 4.69) is 29.6 Å². The van der Waals surface area contributed by atoms with Crippen molar-refractivity contribution in [3.8, 4) is 0 Å². The molecule has 2 amide bonds. The van der Waals surface area contributed by atoms with Gasteiger partial charge in [-0.1, -0.05) is 48.5 Å². The van der Waals surface area contributed by atoms with Crippen LogP contribution in [0.2, 0.25) is 0 Å². The summed E-state index contributed by atoms with van der Waals surface area (Å²) in [5.74, 6) is 0.415. The standard InChI is InChI=1S/C26H35N3O2/c1-20-11-10-12-21(2)26(20)27-24(30)18-29(19-25(31)28(3)4)16-9-8-15-23(17-29)22-13-6-5-7-14-22/h5-7,10-14,23H,8-9,15-19H2,1-4H3/p+1. The van der Waals surface area contributed by atoms with E-state index in [1.54, 1.807) is 19.0 Å². The molecule has 0 spiro atoms. The number of hydrogen-bond acceptors (Lipinski definition) is 2. The van der Waals surface area contributed by atoms with Gasteiger partial charge in [0.1, 0.15) is 0 Å². The monoisotopic (exact) mass is 422 g/mol. The summed E-state index contributed by atoms with van der Waals surface area (Å²) in [6, 6.07) is 16.6. The number of carbonyl (C=O) groups is 2. The molecule has 2 unspecified atom stereocenters. The largest absolute Gasteiger partial charge is 0.344 e. The minimum absolute atomic E-state index is 0.0160. The second-order valence-electron chi connectivity index (χ2n) is 9.27. The molecule has 0 aromatic heterocycles. The fourth-order valence-corrected chi connectivity index (χ4v) is 4.75. The minimum atomic E-state index is -0.0160. The van der Waals surface area contributed by atoms with Crippen LogP contribution in [0.1, 0.15) is 41.9 Å². The maximum atomic E-state index is 13.2. The highest BCUT2D eigenvalue weighted by molar-refractivity contribution is 5.93. The van der Waals surface area contributed by atoms with Crippen LogP contribution in [0.25, 0.3) is 0 Å². The molecule has 1 aliphatic rings. The van der Waals surface area contributed by atoms with E-state index in [0.717, 1.165) is 49.2 Å². The van der Waals surface area contributed by atoms with Gasteiger partial charge >= 0.3 is 0 Å². The Hall–Kier alpha value is -2.66. The Morgan fingerprint density at radius 2 is 1.65 bits per heavy atom. The Bertz CT molecular complexity index is 890. The second-order valence-corrected chi connectivity index (χ2v) is 9.27. The lowest BCUT2D eigenvalue weighted by molar-refractivity contribution is -0.913. The van der Waals surface area contributed by atoms with Gasteiger partial charge in [-0.2, -0.15) is 0 Å². The van der Waals surface area contributed by atoms with E-state index in [1.807, 2.05) is 38.1 Å². The number of nitrogens with zero attached hydrogens (tertiary/aromatic N) is 2. The lowest BCUT2D eigenvalue weighted by Crippen LogP contribution is -2.58. The van der Waals surface area contributed by atoms with Crippen molar-refractivity contribution in [3.05, 3.63) is 65.2 Å². The molecule has 0 aliphatic carbocycles. The first-order valence-corrected chi connectivity index (χ1v) is 11.3. The predicted molar refractivity (Wildman–Crippen MR) is 126 cm³/mol. The number of anilines is 1. The van der Waals surface area contributed by atoms with Crippen molar-refractivity contribution >= 4 is 17.5 Å². The Kier molecular flexibility index (Phi) is 7.50. The van der Waals surface area contributed by atoms with Gasteiger partial charge in [-0.05, 0) is 49.8 Å². The van der Waals surface area contributed by atoms with Gasteiger partial charge in [0.05, 0.1) is 13.1 Å². The van der Waals surface area contributed by atoms with E-state index in [9.17, 15) is 9.59 Å². The zero-order chi connectivity index (χ0) is 22.4. The van der Waals surface area contributed by atoms with Crippen LogP contribution >= 0.6 is 0 Å². The fourth-order valence-electron chi connectivity index (χ4n) is 4.75. The number of aryl methyl sites for hydroxylation is 2. The third-order valence-electron chi connectivity index (χ3n) is 6.51. The van der Waals surface area contributed by atoms with E-state index in [-0.39, 0.29) is 11.8 Å². The molecule has 2 atom stereocenters. The van der Waals surface area contributed by atoms with E-state index in [0.29, 0.717) is 23.5 Å². The molecule has 2 aromatic rings. The van der Waals surface area contributed by atoms with Gasteiger partial charge < -0.3 is 14.7 Å². The number of amides is 2. The molecule has 5 nitrogen and oxygen atoms in total. The quantitative estimate of drug-likeness (QED) is 0.712. The molecule has 2 aromatic carbocycles. The summed E-state index contributed by atoms with van der Waals surface area (Å²) < 4.78 is 0.507. The molecule has 1 fully saturated rings. The zero-order valence-electron chi connectivity index (χ0n) is 19.4. The minimum Gasteiger partial charge on any atom is -0.344 e. The summed E-state index contributed by atoms with van der Waals surface area (Å²) in [6.07, 6.45) is 3.24. The highest BCUT2D eigenvalue weighted by atomic mass is 16.2. The average molecular weight is 423 g/mol. The fraction of sp³-hybridized carbons (Fsp3) is 0.462. The highest BCUT2D eigenvalue weighted by Gasteiger charge is 2.38. The van der Waals surface area contributed by atoms with Crippen molar-refractivity contribution < 1.29 is 14.1 Å². The molecule has 166 valence electrons. The molecular formula is C26H36N3O2+. The van der Waals surface area contributed by atoms with Crippen LogP contribution < -0.4 is 5.32 Å². The molecule has 1 heterocycles. The number of benzene rings is 2. The van der Waals surface area contributed by atoms with Crippen LogP contribution in [0.5, 0.6) is 0 Å². The Morgan fingerprint density at radius 1 is 0.968 bits per heavy atom. The normalized spacial score (nSPS) is 21.2. The Morgan fingerprint density at radius 3 is 2.29 bits per heavy atom. The van der Waals surface area contributed by atoms with E-state index in [1.165, 1.54) is 5.56 Å². The van der Waals surface area contributed by atoms with Crippen LogP contribution in [0, 0.1) is 13.8 Å². The molecule has 3 rings (SSSR count). The molecule has 1 saturated heterocycles. The van der Waals surface area contributed by atoms with Gasteiger partial charge in [0.25, 0.3) is 11.8 Å². The molecule has 0 bridgehead atoms.